The van der Waals surface area contributed by atoms with Gasteiger partial charge in [0.15, 0.2) is 11.8 Å². The van der Waals surface area contributed by atoms with Crippen molar-refractivity contribution in [3.63, 3.8) is 0 Å². The number of aliphatic imine (C=N–C) groups is 1. The molecule has 21 heavy (non-hydrogen) atoms. The van der Waals surface area contributed by atoms with Crippen molar-refractivity contribution in [2.75, 3.05) is 0 Å². The van der Waals surface area contributed by atoms with E-state index in [9.17, 15) is 0 Å². The molecule has 2 rings (SSSR count). The number of H-pyrrole nitrogens is 1. The molecule has 0 saturated carbocycles. The van der Waals surface area contributed by atoms with E-state index in [0.717, 1.165) is 10.0 Å². The number of guanidine groups is 1. The first-order valence-corrected chi connectivity index (χ1v) is 7.38. The second-order valence-corrected chi connectivity index (χ2v) is 6.60. The Bertz CT molecular complexity index is 624. The van der Waals surface area contributed by atoms with Gasteiger partial charge >= 0.3 is 0 Å². The summed E-state index contributed by atoms with van der Waals surface area (Å²) in [6, 6.07) is 7.81. The van der Waals surface area contributed by atoms with Crippen LogP contribution in [-0.2, 0) is 6.54 Å². The van der Waals surface area contributed by atoms with E-state index in [-0.39, 0.29) is 5.54 Å². The zero-order valence-electron chi connectivity index (χ0n) is 12.3. The summed E-state index contributed by atoms with van der Waals surface area (Å²) in [7, 11) is 0. The fourth-order valence-corrected chi connectivity index (χ4v) is 1.94. The Kier molecular flexibility index (Phi) is 4.62. The topological polar surface area (TPSA) is 92.0 Å². The maximum Gasteiger partial charge on any atom is 0.189 e. The molecule has 0 bridgehead atoms. The molecule has 0 fully saturated rings. The van der Waals surface area contributed by atoms with Gasteiger partial charge in [-0.25, -0.2) is 9.98 Å². The average molecular weight is 351 g/mol. The van der Waals surface area contributed by atoms with Crippen molar-refractivity contribution in [3.8, 4) is 11.4 Å². The van der Waals surface area contributed by atoms with E-state index in [0.29, 0.717) is 24.2 Å². The van der Waals surface area contributed by atoms with Crippen LogP contribution in [0.15, 0.2) is 33.7 Å². The van der Waals surface area contributed by atoms with Crippen molar-refractivity contribution in [2.24, 2.45) is 10.7 Å². The van der Waals surface area contributed by atoms with Gasteiger partial charge in [0.1, 0.15) is 12.4 Å². The Morgan fingerprint density at radius 1 is 1.33 bits per heavy atom. The van der Waals surface area contributed by atoms with Crippen molar-refractivity contribution >= 4 is 21.9 Å². The van der Waals surface area contributed by atoms with Crippen LogP contribution in [0.25, 0.3) is 11.4 Å². The largest absolute Gasteiger partial charge is 0.370 e. The van der Waals surface area contributed by atoms with Crippen molar-refractivity contribution in [1.29, 1.82) is 0 Å². The first-order chi connectivity index (χ1) is 9.83. The molecule has 0 spiro atoms. The first kappa shape index (κ1) is 15.5. The maximum absolute atomic E-state index is 5.81. The highest BCUT2D eigenvalue weighted by Crippen LogP contribution is 2.18. The molecule has 0 aliphatic carbocycles. The number of nitrogens with one attached hydrogen (secondary N) is 2. The number of rotatable bonds is 3. The van der Waals surface area contributed by atoms with Gasteiger partial charge in [-0.2, -0.15) is 5.10 Å². The van der Waals surface area contributed by atoms with Crippen molar-refractivity contribution in [1.82, 2.24) is 20.5 Å². The fourth-order valence-electron chi connectivity index (χ4n) is 1.68. The minimum atomic E-state index is -0.114. The van der Waals surface area contributed by atoms with Crippen LogP contribution in [0.3, 0.4) is 0 Å². The van der Waals surface area contributed by atoms with E-state index in [4.69, 9.17) is 5.73 Å². The zero-order chi connectivity index (χ0) is 15.5. The van der Waals surface area contributed by atoms with E-state index in [2.05, 4.69) is 41.4 Å². The number of nitrogens with zero attached hydrogens (tertiary/aromatic N) is 3. The monoisotopic (exact) mass is 350 g/mol. The third kappa shape index (κ3) is 4.86. The van der Waals surface area contributed by atoms with Gasteiger partial charge in [0, 0.05) is 15.6 Å². The Balaban J connectivity index is 2.03. The third-order valence-corrected chi connectivity index (χ3v) is 3.07. The molecule has 1 aromatic carbocycles. The number of nitrogens with two attached hydrogens (primary N) is 1. The predicted molar refractivity (Wildman–Crippen MR) is 87.7 cm³/mol. The van der Waals surface area contributed by atoms with Crippen LogP contribution in [0.1, 0.15) is 26.6 Å². The number of hydrogen-bond donors (Lipinski definition) is 3. The smallest absolute Gasteiger partial charge is 0.189 e. The molecule has 1 aromatic heterocycles. The molecule has 2 aromatic rings. The molecule has 0 unspecified atom stereocenters. The van der Waals surface area contributed by atoms with Crippen LogP contribution < -0.4 is 11.1 Å². The normalized spacial score (nSPS) is 12.5. The average Bonchev–Trinajstić information content (AvgIpc) is 2.84. The van der Waals surface area contributed by atoms with Gasteiger partial charge < -0.3 is 11.1 Å². The summed E-state index contributed by atoms with van der Waals surface area (Å²) in [6.45, 7) is 6.43. The predicted octanol–water partition coefficient (Wildman–Crippen LogP) is 2.44. The molecular weight excluding hydrogens is 332 g/mol. The Morgan fingerprint density at radius 2 is 2.00 bits per heavy atom. The summed E-state index contributed by atoms with van der Waals surface area (Å²) in [5, 5.41) is 10.2. The summed E-state index contributed by atoms with van der Waals surface area (Å²) >= 11 is 3.40. The van der Waals surface area contributed by atoms with Gasteiger partial charge in [0.25, 0.3) is 0 Å². The number of aromatic amines is 1. The second-order valence-electron chi connectivity index (χ2n) is 5.69. The third-order valence-electron chi connectivity index (χ3n) is 2.54. The Morgan fingerprint density at radius 3 is 2.62 bits per heavy atom. The molecule has 0 atom stereocenters. The van der Waals surface area contributed by atoms with Crippen LogP contribution in [0.5, 0.6) is 0 Å². The minimum Gasteiger partial charge on any atom is -0.370 e. The molecule has 0 radical (unpaired) electrons. The zero-order valence-corrected chi connectivity index (χ0v) is 13.9. The molecule has 1 heterocycles. The first-order valence-electron chi connectivity index (χ1n) is 6.59. The second kappa shape index (κ2) is 6.26. The van der Waals surface area contributed by atoms with E-state index >= 15 is 0 Å². The molecule has 6 nitrogen and oxygen atoms in total. The number of benzene rings is 1. The quantitative estimate of drug-likeness (QED) is 0.585. The van der Waals surface area contributed by atoms with Crippen LogP contribution >= 0.6 is 15.9 Å². The van der Waals surface area contributed by atoms with E-state index < -0.39 is 0 Å². The highest BCUT2D eigenvalue weighted by Gasteiger charge is 2.10. The molecule has 0 saturated heterocycles. The van der Waals surface area contributed by atoms with Gasteiger partial charge in [-0.15, -0.1) is 0 Å². The molecule has 7 heteroatoms. The molecule has 0 aliphatic heterocycles. The van der Waals surface area contributed by atoms with E-state index in [1.807, 2.05) is 45.0 Å². The number of aromatic nitrogens is 3. The maximum atomic E-state index is 5.81. The lowest BCUT2D eigenvalue weighted by molar-refractivity contribution is 0.508. The number of hydrogen-bond acceptors (Lipinski definition) is 3. The van der Waals surface area contributed by atoms with Gasteiger partial charge in [0.05, 0.1) is 0 Å². The van der Waals surface area contributed by atoms with Gasteiger partial charge in [0.2, 0.25) is 0 Å². The van der Waals surface area contributed by atoms with Crippen LogP contribution in [0.4, 0.5) is 0 Å². The Labute approximate surface area is 132 Å². The minimum absolute atomic E-state index is 0.114. The molecule has 112 valence electrons. The van der Waals surface area contributed by atoms with Crippen LogP contribution in [0, 0.1) is 0 Å². The molecule has 0 aliphatic rings. The van der Waals surface area contributed by atoms with Crippen LogP contribution in [0.2, 0.25) is 0 Å². The lowest BCUT2D eigenvalue weighted by Crippen LogP contribution is -2.45. The molecule has 4 N–H and O–H groups in total. The van der Waals surface area contributed by atoms with Crippen molar-refractivity contribution in [3.05, 3.63) is 34.6 Å². The summed E-state index contributed by atoms with van der Waals surface area (Å²) in [5.41, 5.74) is 6.65. The van der Waals surface area contributed by atoms with E-state index in [1.54, 1.807) is 0 Å². The van der Waals surface area contributed by atoms with Crippen molar-refractivity contribution in [2.45, 2.75) is 32.9 Å². The van der Waals surface area contributed by atoms with Crippen molar-refractivity contribution < 1.29 is 0 Å². The van der Waals surface area contributed by atoms with Gasteiger partial charge in [-0.3, -0.25) is 5.10 Å². The summed E-state index contributed by atoms with van der Waals surface area (Å²) < 4.78 is 1.02. The summed E-state index contributed by atoms with van der Waals surface area (Å²) in [6.07, 6.45) is 0. The fraction of sp³-hybridized carbons (Fsp3) is 0.357. The highest BCUT2D eigenvalue weighted by atomic mass is 79.9. The van der Waals surface area contributed by atoms with Crippen LogP contribution in [-0.4, -0.2) is 26.7 Å². The highest BCUT2D eigenvalue weighted by molar-refractivity contribution is 9.10. The molecular formula is C14H19BrN6. The summed E-state index contributed by atoms with van der Waals surface area (Å²) in [5.74, 6) is 1.71. The lowest BCUT2D eigenvalue weighted by Gasteiger charge is -2.20. The standard InChI is InChI=1S/C14H19BrN6/c1-14(2,3)19-13(16)17-8-11-18-12(21-20-11)9-4-6-10(15)7-5-9/h4-7H,8H2,1-3H3,(H3,16,17,19)(H,18,20,21). The summed E-state index contributed by atoms with van der Waals surface area (Å²) in [4.78, 5) is 8.65. The van der Waals surface area contributed by atoms with Gasteiger partial charge in [-0.1, -0.05) is 28.1 Å². The lowest BCUT2D eigenvalue weighted by atomic mass is 10.1. The Hall–Kier alpha value is -1.89. The van der Waals surface area contributed by atoms with Gasteiger partial charge in [-0.05, 0) is 32.9 Å². The van der Waals surface area contributed by atoms with E-state index in [1.165, 1.54) is 0 Å². The SMILES string of the molecule is CC(C)(C)NC(N)=NCc1nc(-c2ccc(Br)cc2)n[nH]1. The number of halogens is 1. The molecule has 0 amide bonds.